The Kier molecular flexibility index (Phi) is 15.6. The second kappa shape index (κ2) is 16.5. The summed E-state index contributed by atoms with van der Waals surface area (Å²) in [6.45, 7) is 11.5. The number of carbonyl (C=O) groups is 3. The van der Waals surface area contributed by atoms with E-state index >= 15 is 0 Å². The van der Waals surface area contributed by atoms with Crippen molar-refractivity contribution in [1.82, 2.24) is 10.6 Å². The molecule has 0 atom stereocenters. The van der Waals surface area contributed by atoms with Gasteiger partial charge < -0.3 is 20.1 Å². The summed E-state index contributed by atoms with van der Waals surface area (Å²) in [7, 11) is 0. The van der Waals surface area contributed by atoms with Crippen molar-refractivity contribution in [3.63, 3.8) is 0 Å². The van der Waals surface area contributed by atoms with E-state index in [2.05, 4.69) is 10.6 Å². The first kappa shape index (κ1) is 26.5. The van der Waals surface area contributed by atoms with Crippen LogP contribution < -0.4 is 10.6 Å². The van der Waals surface area contributed by atoms with Crippen molar-refractivity contribution in [2.24, 2.45) is 11.8 Å². The van der Waals surface area contributed by atoms with Gasteiger partial charge in [0.05, 0.1) is 13.2 Å². The number of ether oxygens (including phenoxy) is 2. The van der Waals surface area contributed by atoms with Crippen LogP contribution in [0.4, 0.5) is 0 Å². The van der Waals surface area contributed by atoms with Crippen molar-refractivity contribution in [1.29, 1.82) is 0 Å². The molecule has 1 saturated carbocycles. The fourth-order valence-electron chi connectivity index (χ4n) is 2.92. The zero-order valence-corrected chi connectivity index (χ0v) is 18.3. The van der Waals surface area contributed by atoms with Gasteiger partial charge in [-0.25, -0.2) is 0 Å². The zero-order chi connectivity index (χ0) is 21.4. The van der Waals surface area contributed by atoms with Crippen LogP contribution in [0.3, 0.4) is 0 Å². The van der Waals surface area contributed by atoms with Gasteiger partial charge in [0.2, 0.25) is 11.8 Å². The fourth-order valence-corrected chi connectivity index (χ4v) is 2.92. The minimum absolute atomic E-state index is 0.00226. The van der Waals surface area contributed by atoms with Gasteiger partial charge in [0.15, 0.2) is 0 Å². The van der Waals surface area contributed by atoms with Gasteiger partial charge in [-0.1, -0.05) is 27.7 Å². The fraction of sp³-hybridized carbons (Fsp3) is 0.857. The monoisotopic (exact) mass is 400 g/mol. The van der Waals surface area contributed by atoms with Crippen LogP contribution in [0.5, 0.6) is 0 Å². The third kappa shape index (κ3) is 12.1. The van der Waals surface area contributed by atoms with Crippen LogP contribution in [0.25, 0.3) is 0 Å². The number of Topliss-reactive ketones (excluding diaryl/α,β-unsaturated/α-hetero) is 1. The molecule has 0 saturated heterocycles. The van der Waals surface area contributed by atoms with Crippen LogP contribution in [-0.2, 0) is 23.9 Å². The summed E-state index contributed by atoms with van der Waals surface area (Å²) in [6.07, 6.45) is 3.59. The Balaban J connectivity index is 0.00000352. The van der Waals surface area contributed by atoms with Gasteiger partial charge in [0.1, 0.15) is 12.4 Å². The van der Waals surface area contributed by atoms with Gasteiger partial charge in [-0.3, -0.25) is 14.4 Å². The van der Waals surface area contributed by atoms with Crippen LogP contribution in [-0.4, -0.2) is 56.6 Å². The van der Waals surface area contributed by atoms with Crippen molar-refractivity contribution >= 4 is 17.6 Å². The summed E-state index contributed by atoms with van der Waals surface area (Å²) in [5.41, 5.74) is 0. The number of carbonyl (C=O) groups excluding carboxylic acids is 3. The molecule has 7 heteroatoms. The minimum atomic E-state index is -0.0900. The molecule has 1 aliphatic rings. The van der Waals surface area contributed by atoms with Crippen molar-refractivity contribution in [2.45, 2.75) is 72.8 Å². The topological polar surface area (TPSA) is 93.7 Å². The van der Waals surface area contributed by atoms with Gasteiger partial charge in [-0.05, 0) is 32.6 Å². The quantitative estimate of drug-likeness (QED) is 0.491. The molecule has 164 valence electrons. The summed E-state index contributed by atoms with van der Waals surface area (Å²) in [5, 5.41) is 5.84. The van der Waals surface area contributed by atoms with Gasteiger partial charge in [-0.15, -0.1) is 0 Å². The van der Waals surface area contributed by atoms with E-state index in [0.29, 0.717) is 32.8 Å². The first-order chi connectivity index (χ1) is 13.4. The molecule has 28 heavy (non-hydrogen) atoms. The van der Waals surface area contributed by atoms with E-state index in [1.807, 2.05) is 34.6 Å². The molecule has 0 radical (unpaired) electrons. The smallest absolute Gasteiger partial charge is 0.246 e. The Bertz CT molecular complexity index is 446. The summed E-state index contributed by atoms with van der Waals surface area (Å²) >= 11 is 0. The first-order valence-electron chi connectivity index (χ1n) is 10.7. The predicted octanol–water partition coefficient (Wildman–Crippen LogP) is 2.47. The zero-order valence-electron chi connectivity index (χ0n) is 18.3. The summed E-state index contributed by atoms with van der Waals surface area (Å²) in [5.74, 6) is 0.188. The van der Waals surface area contributed by atoms with Gasteiger partial charge in [-0.2, -0.15) is 0 Å². The molecule has 2 N–H and O–H groups in total. The lowest BCUT2D eigenvalue weighted by atomic mass is 9.85. The maximum atomic E-state index is 12.2. The molecule has 1 rings (SSSR count). The molecule has 7 nitrogen and oxygen atoms in total. The molecule has 1 fully saturated rings. The van der Waals surface area contributed by atoms with Gasteiger partial charge in [0, 0.05) is 37.5 Å². The highest BCUT2D eigenvalue weighted by Crippen LogP contribution is 2.24. The molecule has 1 aliphatic carbocycles. The minimum Gasteiger partial charge on any atom is -0.379 e. The summed E-state index contributed by atoms with van der Waals surface area (Å²) in [4.78, 5) is 35.3. The molecule has 0 heterocycles. The van der Waals surface area contributed by atoms with E-state index in [9.17, 15) is 14.4 Å². The number of nitrogens with one attached hydrogen (secondary N) is 2. The molecule has 0 aromatic rings. The average Bonchev–Trinajstić information content (AvgIpc) is 2.70. The maximum Gasteiger partial charge on any atom is 0.246 e. The van der Waals surface area contributed by atoms with E-state index < -0.39 is 0 Å². The van der Waals surface area contributed by atoms with E-state index in [1.54, 1.807) is 0 Å². The lowest BCUT2D eigenvalue weighted by Gasteiger charge is -2.28. The lowest BCUT2D eigenvalue weighted by Crippen LogP contribution is -2.42. The number of hydrogen-bond donors (Lipinski definition) is 2. The molecule has 0 aromatic heterocycles. The maximum absolute atomic E-state index is 12.2. The van der Waals surface area contributed by atoms with Crippen molar-refractivity contribution in [2.75, 3.05) is 33.0 Å². The van der Waals surface area contributed by atoms with Crippen LogP contribution in [0, 0.1) is 11.8 Å². The van der Waals surface area contributed by atoms with Crippen LogP contribution >= 0.6 is 0 Å². The van der Waals surface area contributed by atoms with Gasteiger partial charge >= 0.3 is 0 Å². The normalized spacial score (nSPS) is 18.8. The highest BCUT2D eigenvalue weighted by atomic mass is 16.5. The third-order valence-corrected chi connectivity index (χ3v) is 4.58. The second-order valence-electron chi connectivity index (χ2n) is 7.03. The van der Waals surface area contributed by atoms with E-state index in [1.165, 1.54) is 0 Å². The molecule has 2 amide bonds. The standard InChI is InChI=1S/C19H34N2O5.C2H6/c1-4-25-13-18(23)21-16-7-5-15(6-8-16)19(24)20-10-12-26-11-9-17(22)14(2)3;1-2/h14-16H,4-13H2,1-3H3,(H,20,24)(H,21,23);1-2H3. The van der Waals surface area contributed by atoms with Crippen molar-refractivity contribution in [3.8, 4) is 0 Å². The number of hydrogen-bond acceptors (Lipinski definition) is 5. The van der Waals surface area contributed by atoms with Gasteiger partial charge in [0.25, 0.3) is 0 Å². The summed E-state index contributed by atoms with van der Waals surface area (Å²) < 4.78 is 10.5. The molecule has 0 bridgehead atoms. The lowest BCUT2D eigenvalue weighted by molar-refractivity contribution is -0.127. The van der Waals surface area contributed by atoms with Crippen molar-refractivity contribution < 1.29 is 23.9 Å². The SMILES string of the molecule is CC.CCOCC(=O)NC1CCC(C(=O)NCCOCCC(=O)C(C)C)CC1. The Hall–Kier alpha value is -1.47. The highest BCUT2D eigenvalue weighted by molar-refractivity contribution is 5.80. The Morgan fingerprint density at radius 3 is 2.21 bits per heavy atom. The molecule has 0 spiro atoms. The van der Waals surface area contributed by atoms with E-state index in [-0.39, 0.29) is 42.1 Å². The first-order valence-corrected chi connectivity index (χ1v) is 10.7. The van der Waals surface area contributed by atoms with Crippen LogP contribution in [0.2, 0.25) is 0 Å². The third-order valence-electron chi connectivity index (χ3n) is 4.58. The Labute approximate surface area is 170 Å². The number of amides is 2. The van der Waals surface area contributed by atoms with E-state index in [4.69, 9.17) is 9.47 Å². The second-order valence-corrected chi connectivity index (χ2v) is 7.03. The Morgan fingerprint density at radius 2 is 1.64 bits per heavy atom. The van der Waals surface area contributed by atoms with Crippen LogP contribution in [0.15, 0.2) is 0 Å². The molecule has 0 aromatic carbocycles. The average molecular weight is 401 g/mol. The van der Waals surface area contributed by atoms with Crippen molar-refractivity contribution in [3.05, 3.63) is 0 Å². The molecular formula is C21H40N2O5. The van der Waals surface area contributed by atoms with E-state index in [0.717, 1.165) is 25.7 Å². The molecule has 0 unspecified atom stereocenters. The number of rotatable bonds is 12. The summed E-state index contributed by atoms with van der Waals surface area (Å²) in [6, 6.07) is 0.133. The molecule has 0 aliphatic heterocycles. The Morgan fingerprint density at radius 1 is 1.00 bits per heavy atom. The molecular weight excluding hydrogens is 360 g/mol. The highest BCUT2D eigenvalue weighted by Gasteiger charge is 2.26. The number of ketones is 1. The van der Waals surface area contributed by atoms with Crippen LogP contribution in [0.1, 0.15) is 66.7 Å². The largest absolute Gasteiger partial charge is 0.379 e. The predicted molar refractivity (Wildman–Crippen MR) is 110 cm³/mol.